The summed E-state index contributed by atoms with van der Waals surface area (Å²) in [5.41, 5.74) is 0.982. The molecule has 3 nitrogen and oxygen atoms in total. The average Bonchev–Trinajstić information content (AvgIpc) is 2.37. The Balaban J connectivity index is 2.91. The molecule has 1 aliphatic heterocycles. The Bertz CT molecular complexity index is 332. The molecule has 0 aromatic rings. The van der Waals surface area contributed by atoms with Gasteiger partial charge in [-0.3, -0.25) is 4.79 Å². The number of hydrogen-bond acceptors (Lipinski definition) is 2. The van der Waals surface area contributed by atoms with Crippen LogP contribution in [0.25, 0.3) is 0 Å². The number of carbonyl (C=O) groups excluding carboxylic acids is 1. The molecule has 0 saturated carbocycles. The largest absolute Gasteiger partial charge is 0.294 e. The quantitative estimate of drug-likeness (QED) is 0.558. The van der Waals surface area contributed by atoms with E-state index < -0.39 is 0 Å². The third kappa shape index (κ3) is 1.41. The fraction of sp³-hybridized carbons (Fsp3) is 0.222. The monoisotopic (exact) mass is 158 g/mol. The zero-order valence-corrected chi connectivity index (χ0v) is 6.37. The van der Waals surface area contributed by atoms with E-state index in [1.807, 2.05) is 0 Å². The van der Waals surface area contributed by atoms with Gasteiger partial charge in [-0.05, 0) is 0 Å². The van der Waals surface area contributed by atoms with Crippen LogP contribution in [0.15, 0.2) is 21.5 Å². The molecule has 1 amide bonds. The van der Waals surface area contributed by atoms with Gasteiger partial charge in [0.25, 0.3) is 5.91 Å². The number of nitrogens with zero attached hydrogens (tertiary/aromatic N) is 2. The van der Waals surface area contributed by atoms with Crippen molar-refractivity contribution in [1.29, 1.82) is 0 Å². The lowest BCUT2D eigenvalue weighted by molar-refractivity contribution is -0.114. The SMILES string of the molecule is C#CCC1=C(CC#C)C(=O)N=N1. The van der Waals surface area contributed by atoms with Crippen molar-refractivity contribution in [2.45, 2.75) is 12.8 Å². The molecule has 0 aliphatic carbocycles. The maximum atomic E-state index is 11.0. The molecular formula is C9H6N2O. The number of carbonyl (C=O) groups is 1. The maximum Gasteiger partial charge on any atom is 0.294 e. The highest BCUT2D eigenvalue weighted by atomic mass is 16.2. The molecule has 0 unspecified atom stereocenters. The Kier molecular flexibility index (Phi) is 2.40. The summed E-state index contributed by atoms with van der Waals surface area (Å²) in [6.07, 6.45) is 10.7. The number of allylic oxidation sites excluding steroid dienone is 1. The lowest BCUT2D eigenvalue weighted by atomic mass is 10.1. The minimum absolute atomic E-state index is 0.253. The number of terminal acetylenes is 2. The van der Waals surface area contributed by atoms with Crippen molar-refractivity contribution in [2.24, 2.45) is 10.2 Å². The molecule has 3 heteroatoms. The Morgan fingerprint density at radius 1 is 1.17 bits per heavy atom. The Morgan fingerprint density at radius 2 is 1.83 bits per heavy atom. The van der Waals surface area contributed by atoms with Gasteiger partial charge in [0, 0.05) is 6.42 Å². The molecule has 1 rings (SSSR count). The third-order valence-corrected chi connectivity index (χ3v) is 1.42. The highest BCUT2D eigenvalue weighted by molar-refractivity contribution is 5.96. The smallest absolute Gasteiger partial charge is 0.265 e. The first-order valence-corrected chi connectivity index (χ1v) is 3.34. The highest BCUT2D eigenvalue weighted by Crippen LogP contribution is 2.21. The zero-order valence-electron chi connectivity index (χ0n) is 6.37. The van der Waals surface area contributed by atoms with Gasteiger partial charge in [-0.2, -0.15) is 5.11 Å². The summed E-state index contributed by atoms with van der Waals surface area (Å²) in [5, 5.41) is 6.98. The first kappa shape index (κ1) is 8.23. The summed E-state index contributed by atoms with van der Waals surface area (Å²) >= 11 is 0. The van der Waals surface area contributed by atoms with Crippen LogP contribution in [0.3, 0.4) is 0 Å². The predicted octanol–water partition coefficient (Wildman–Crippen LogP) is 1.28. The number of amides is 1. The second kappa shape index (κ2) is 3.50. The van der Waals surface area contributed by atoms with Crippen molar-refractivity contribution < 1.29 is 4.79 Å². The summed E-state index contributed by atoms with van der Waals surface area (Å²) in [5.74, 6) is 4.38. The molecule has 0 aromatic carbocycles. The average molecular weight is 158 g/mol. The summed E-state index contributed by atoms with van der Waals surface area (Å²) in [6.45, 7) is 0. The van der Waals surface area contributed by atoms with Crippen molar-refractivity contribution in [2.75, 3.05) is 0 Å². The maximum absolute atomic E-state index is 11.0. The van der Waals surface area contributed by atoms with Crippen LogP contribution in [0.1, 0.15) is 12.8 Å². The van der Waals surface area contributed by atoms with E-state index >= 15 is 0 Å². The molecule has 0 aromatic heterocycles. The van der Waals surface area contributed by atoms with Crippen LogP contribution in [0, 0.1) is 24.7 Å². The van der Waals surface area contributed by atoms with E-state index in [-0.39, 0.29) is 12.3 Å². The standard InChI is InChI=1S/C9H6N2O/c1-3-5-7-8(6-4-2)10-11-9(7)12/h1-2H,5-6H2. The fourth-order valence-electron chi connectivity index (χ4n) is 0.868. The summed E-state index contributed by atoms with van der Waals surface area (Å²) in [6, 6.07) is 0. The van der Waals surface area contributed by atoms with Crippen LogP contribution in [-0.2, 0) is 4.79 Å². The molecule has 1 heterocycles. The molecule has 0 fully saturated rings. The van der Waals surface area contributed by atoms with E-state index in [2.05, 4.69) is 22.1 Å². The summed E-state index contributed by atoms with van der Waals surface area (Å²) < 4.78 is 0. The van der Waals surface area contributed by atoms with Crippen molar-refractivity contribution >= 4 is 5.91 Å². The minimum atomic E-state index is -0.363. The molecule has 12 heavy (non-hydrogen) atoms. The van der Waals surface area contributed by atoms with Crippen LogP contribution in [0.5, 0.6) is 0 Å². The van der Waals surface area contributed by atoms with Gasteiger partial charge in [-0.1, -0.05) is 0 Å². The first-order valence-electron chi connectivity index (χ1n) is 3.34. The van der Waals surface area contributed by atoms with Crippen LogP contribution in [0.2, 0.25) is 0 Å². The second-order valence-corrected chi connectivity index (χ2v) is 2.19. The van der Waals surface area contributed by atoms with Crippen LogP contribution in [-0.4, -0.2) is 5.91 Å². The molecule has 0 atom stereocenters. The van der Waals surface area contributed by atoms with Gasteiger partial charge in [0.2, 0.25) is 0 Å². The third-order valence-electron chi connectivity index (χ3n) is 1.42. The molecule has 0 N–H and O–H groups in total. The summed E-state index contributed by atoms with van der Waals surface area (Å²) in [4.78, 5) is 11.0. The van der Waals surface area contributed by atoms with Gasteiger partial charge in [0.05, 0.1) is 17.7 Å². The second-order valence-electron chi connectivity index (χ2n) is 2.19. The Morgan fingerprint density at radius 3 is 2.42 bits per heavy atom. The molecule has 1 aliphatic rings. The normalized spacial score (nSPS) is 14.7. The van der Waals surface area contributed by atoms with E-state index in [0.717, 1.165) is 0 Å². The lowest BCUT2D eigenvalue weighted by Crippen LogP contribution is -1.95. The van der Waals surface area contributed by atoms with Gasteiger partial charge < -0.3 is 0 Å². The van der Waals surface area contributed by atoms with Gasteiger partial charge in [-0.25, -0.2) is 0 Å². The van der Waals surface area contributed by atoms with Gasteiger partial charge in [-0.15, -0.1) is 29.8 Å². The molecule has 0 spiro atoms. The van der Waals surface area contributed by atoms with Crippen LogP contribution >= 0.6 is 0 Å². The van der Waals surface area contributed by atoms with Crippen molar-refractivity contribution in [1.82, 2.24) is 0 Å². The molecule has 58 valence electrons. The minimum Gasteiger partial charge on any atom is -0.265 e. The van der Waals surface area contributed by atoms with Gasteiger partial charge in [0.1, 0.15) is 0 Å². The fourth-order valence-corrected chi connectivity index (χ4v) is 0.868. The highest BCUT2D eigenvalue weighted by Gasteiger charge is 2.18. The van der Waals surface area contributed by atoms with E-state index in [1.54, 1.807) is 0 Å². The predicted molar refractivity (Wildman–Crippen MR) is 43.8 cm³/mol. The van der Waals surface area contributed by atoms with Crippen LogP contribution in [0.4, 0.5) is 0 Å². The van der Waals surface area contributed by atoms with E-state index in [0.29, 0.717) is 17.7 Å². The Labute approximate surface area is 70.6 Å². The van der Waals surface area contributed by atoms with Crippen molar-refractivity contribution in [3.63, 3.8) is 0 Å². The molecular weight excluding hydrogens is 152 g/mol. The number of hydrogen-bond donors (Lipinski definition) is 0. The van der Waals surface area contributed by atoms with Crippen LogP contribution < -0.4 is 0 Å². The van der Waals surface area contributed by atoms with Gasteiger partial charge >= 0.3 is 0 Å². The lowest BCUT2D eigenvalue weighted by Gasteiger charge is -1.92. The van der Waals surface area contributed by atoms with Crippen molar-refractivity contribution in [3.05, 3.63) is 11.3 Å². The van der Waals surface area contributed by atoms with E-state index in [1.165, 1.54) is 0 Å². The van der Waals surface area contributed by atoms with E-state index in [9.17, 15) is 4.79 Å². The Hall–Kier alpha value is -1.87. The number of azo groups is 1. The first-order chi connectivity index (χ1) is 5.79. The topological polar surface area (TPSA) is 41.8 Å². The zero-order chi connectivity index (χ0) is 8.97. The summed E-state index contributed by atoms with van der Waals surface area (Å²) in [7, 11) is 0. The molecule has 0 radical (unpaired) electrons. The van der Waals surface area contributed by atoms with E-state index in [4.69, 9.17) is 12.8 Å². The number of rotatable bonds is 2. The van der Waals surface area contributed by atoms with Crippen molar-refractivity contribution in [3.8, 4) is 24.7 Å². The molecule has 0 saturated heterocycles. The molecule has 0 bridgehead atoms. The van der Waals surface area contributed by atoms with Gasteiger partial charge in [0.15, 0.2) is 0 Å².